The molecule has 3 atom stereocenters. The molecule has 1 amide bonds. The Labute approximate surface area is 142 Å². The summed E-state index contributed by atoms with van der Waals surface area (Å²) in [5.41, 5.74) is 0.324. The lowest BCUT2D eigenvalue weighted by atomic mass is 9.78. The number of ether oxygens (including phenoxy) is 1. The quantitative estimate of drug-likeness (QED) is 0.646. The zero-order valence-corrected chi connectivity index (χ0v) is 13.4. The van der Waals surface area contributed by atoms with Crippen LogP contribution in [0.15, 0.2) is 30.4 Å². The zero-order valence-electron chi connectivity index (χ0n) is 13.4. The fraction of sp³-hybridized carbons (Fsp3) is 0.412. The lowest BCUT2D eigenvalue weighted by molar-refractivity contribution is -0.141. The lowest BCUT2D eigenvalue weighted by Crippen LogP contribution is -2.48. The van der Waals surface area contributed by atoms with E-state index in [4.69, 9.17) is 0 Å². The molecule has 2 aliphatic rings. The third kappa shape index (κ3) is 3.33. The number of allylic oxidation sites excluding steroid dienone is 2. The molecule has 2 N–H and O–H groups in total. The molecule has 1 aliphatic heterocycles. The summed E-state index contributed by atoms with van der Waals surface area (Å²) in [5, 5.41) is 5.52. The molecule has 0 saturated carbocycles. The Morgan fingerprint density at radius 3 is 2.80 bits per heavy atom. The van der Waals surface area contributed by atoms with Crippen molar-refractivity contribution in [2.24, 2.45) is 5.92 Å². The van der Waals surface area contributed by atoms with E-state index in [0.29, 0.717) is 17.7 Å². The second-order valence-corrected chi connectivity index (χ2v) is 6.07. The van der Waals surface area contributed by atoms with Crippen LogP contribution in [0, 0.1) is 5.92 Å². The highest BCUT2D eigenvalue weighted by Gasteiger charge is 2.42. The highest BCUT2D eigenvalue weighted by atomic mass is 19.4. The van der Waals surface area contributed by atoms with Crippen LogP contribution in [0.25, 0.3) is 0 Å². The van der Waals surface area contributed by atoms with E-state index in [0.717, 1.165) is 12.1 Å². The van der Waals surface area contributed by atoms with Crippen molar-refractivity contribution >= 4 is 17.6 Å². The number of fused-ring (bicyclic) bond motifs is 3. The van der Waals surface area contributed by atoms with Crippen molar-refractivity contribution < 1.29 is 27.5 Å². The van der Waals surface area contributed by atoms with Crippen molar-refractivity contribution in [3.8, 4) is 0 Å². The minimum Gasteiger partial charge on any atom is -0.468 e. The highest BCUT2D eigenvalue weighted by Crippen LogP contribution is 2.46. The lowest BCUT2D eigenvalue weighted by Gasteiger charge is -2.36. The number of hydrogen-bond donors (Lipinski definition) is 2. The molecule has 1 aliphatic carbocycles. The Hall–Kier alpha value is -2.51. The van der Waals surface area contributed by atoms with Crippen molar-refractivity contribution in [3.63, 3.8) is 0 Å². The van der Waals surface area contributed by atoms with Crippen LogP contribution in [-0.2, 0) is 20.5 Å². The summed E-state index contributed by atoms with van der Waals surface area (Å²) in [6.07, 6.45) is -0.136. The van der Waals surface area contributed by atoms with Crippen LogP contribution in [-0.4, -0.2) is 31.6 Å². The number of alkyl halides is 3. The maximum atomic E-state index is 13.0. The molecule has 8 heteroatoms. The molecule has 25 heavy (non-hydrogen) atoms. The van der Waals surface area contributed by atoms with Crippen LogP contribution in [0.2, 0.25) is 0 Å². The predicted octanol–water partition coefficient (Wildman–Crippen LogP) is 2.45. The molecule has 134 valence electrons. The number of esters is 1. The number of carbonyl (C=O) groups is 2. The number of benzene rings is 1. The second-order valence-electron chi connectivity index (χ2n) is 6.07. The largest absolute Gasteiger partial charge is 0.468 e. The fourth-order valence-electron chi connectivity index (χ4n) is 3.37. The van der Waals surface area contributed by atoms with Crippen molar-refractivity contribution in [2.45, 2.75) is 24.6 Å². The summed E-state index contributed by atoms with van der Waals surface area (Å²) in [4.78, 5) is 23.6. The van der Waals surface area contributed by atoms with Crippen molar-refractivity contribution in [1.82, 2.24) is 5.32 Å². The standard InChI is InChI=1S/C17H17F3N2O3/c1-25-14(23)8-21-16(24)15-11-4-2-3-10(11)12-7-9(17(18,19)20)5-6-13(12)22-15/h2-3,5-7,10-11,15,22H,4,8H2,1H3,(H,21,24). The number of hydrogen-bond acceptors (Lipinski definition) is 4. The van der Waals surface area contributed by atoms with Gasteiger partial charge in [0.05, 0.1) is 12.7 Å². The van der Waals surface area contributed by atoms with E-state index in [1.54, 1.807) is 0 Å². The molecule has 0 fully saturated rings. The van der Waals surface area contributed by atoms with Gasteiger partial charge in [0.15, 0.2) is 0 Å². The number of carbonyl (C=O) groups excluding carboxylic acids is 2. The summed E-state index contributed by atoms with van der Waals surface area (Å²) in [7, 11) is 1.22. The minimum absolute atomic E-state index is 0.200. The third-order valence-corrected chi connectivity index (χ3v) is 4.61. The van der Waals surface area contributed by atoms with Gasteiger partial charge in [-0.25, -0.2) is 0 Å². The molecule has 0 aromatic heterocycles. The monoisotopic (exact) mass is 354 g/mol. The average molecular weight is 354 g/mol. The van der Waals surface area contributed by atoms with Gasteiger partial charge in [0.1, 0.15) is 12.6 Å². The van der Waals surface area contributed by atoms with Crippen LogP contribution in [0.3, 0.4) is 0 Å². The van der Waals surface area contributed by atoms with Gasteiger partial charge < -0.3 is 15.4 Å². The molecule has 1 heterocycles. The van der Waals surface area contributed by atoms with Gasteiger partial charge in [-0.1, -0.05) is 12.2 Å². The number of rotatable bonds is 3. The van der Waals surface area contributed by atoms with Crippen LogP contribution in [0.5, 0.6) is 0 Å². The van der Waals surface area contributed by atoms with Gasteiger partial charge in [-0.15, -0.1) is 0 Å². The van der Waals surface area contributed by atoms with E-state index in [-0.39, 0.29) is 24.3 Å². The molecule has 1 aromatic carbocycles. The van der Waals surface area contributed by atoms with E-state index in [9.17, 15) is 22.8 Å². The molecular formula is C17H17F3N2O3. The number of anilines is 1. The minimum atomic E-state index is -4.42. The second kappa shape index (κ2) is 6.42. The van der Waals surface area contributed by atoms with Crippen LogP contribution < -0.4 is 10.6 Å². The highest BCUT2D eigenvalue weighted by molar-refractivity contribution is 5.89. The van der Waals surface area contributed by atoms with Crippen molar-refractivity contribution in [2.75, 3.05) is 19.0 Å². The summed E-state index contributed by atoms with van der Waals surface area (Å²) in [6.45, 7) is -0.252. The average Bonchev–Trinajstić information content (AvgIpc) is 3.07. The first-order chi connectivity index (χ1) is 11.8. The SMILES string of the molecule is COC(=O)CNC(=O)C1Nc2ccc(C(F)(F)F)cc2C2C=CCC12. The van der Waals surface area contributed by atoms with Crippen LogP contribution >= 0.6 is 0 Å². The molecule has 3 unspecified atom stereocenters. The Morgan fingerprint density at radius 1 is 1.36 bits per heavy atom. The summed E-state index contributed by atoms with van der Waals surface area (Å²) < 4.78 is 43.4. The number of halogens is 3. The van der Waals surface area contributed by atoms with Gasteiger partial charge in [0.25, 0.3) is 0 Å². The summed E-state index contributed by atoms with van der Waals surface area (Å²) >= 11 is 0. The van der Waals surface area contributed by atoms with Gasteiger partial charge in [0.2, 0.25) is 5.91 Å². The van der Waals surface area contributed by atoms with E-state index >= 15 is 0 Å². The number of methoxy groups -OCH3 is 1. The van der Waals surface area contributed by atoms with Gasteiger partial charge in [-0.3, -0.25) is 9.59 Å². The third-order valence-electron chi connectivity index (χ3n) is 4.61. The molecule has 0 radical (unpaired) electrons. The van der Waals surface area contributed by atoms with E-state index in [2.05, 4.69) is 15.4 Å². The molecule has 0 spiro atoms. The first-order valence-corrected chi connectivity index (χ1v) is 7.80. The van der Waals surface area contributed by atoms with E-state index in [1.165, 1.54) is 13.2 Å². The van der Waals surface area contributed by atoms with Gasteiger partial charge in [0, 0.05) is 17.5 Å². The van der Waals surface area contributed by atoms with Gasteiger partial charge >= 0.3 is 12.1 Å². The first-order valence-electron chi connectivity index (χ1n) is 7.80. The van der Waals surface area contributed by atoms with E-state index < -0.39 is 23.8 Å². The van der Waals surface area contributed by atoms with Crippen molar-refractivity contribution in [1.29, 1.82) is 0 Å². The molecule has 0 saturated heterocycles. The maximum Gasteiger partial charge on any atom is 0.416 e. The topological polar surface area (TPSA) is 67.4 Å². The van der Waals surface area contributed by atoms with Gasteiger partial charge in [-0.05, 0) is 30.2 Å². The van der Waals surface area contributed by atoms with Gasteiger partial charge in [-0.2, -0.15) is 13.2 Å². The molecular weight excluding hydrogens is 337 g/mol. The first kappa shape index (κ1) is 17.3. The Balaban J connectivity index is 1.85. The fourth-order valence-corrected chi connectivity index (χ4v) is 3.37. The van der Waals surface area contributed by atoms with Crippen LogP contribution in [0.1, 0.15) is 23.5 Å². The Morgan fingerprint density at radius 2 is 2.12 bits per heavy atom. The zero-order chi connectivity index (χ0) is 18.2. The van der Waals surface area contributed by atoms with E-state index in [1.807, 2.05) is 12.2 Å². The number of nitrogens with one attached hydrogen (secondary N) is 2. The van der Waals surface area contributed by atoms with Crippen LogP contribution in [0.4, 0.5) is 18.9 Å². The maximum absolute atomic E-state index is 13.0. The predicted molar refractivity (Wildman–Crippen MR) is 83.9 cm³/mol. The molecule has 5 nitrogen and oxygen atoms in total. The summed E-state index contributed by atoms with van der Waals surface area (Å²) in [6, 6.07) is 2.85. The van der Waals surface area contributed by atoms with Crippen molar-refractivity contribution in [3.05, 3.63) is 41.5 Å². The normalized spacial score (nSPS) is 24.1. The smallest absolute Gasteiger partial charge is 0.416 e. The molecule has 0 bridgehead atoms. The Kier molecular flexibility index (Phi) is 4.45. The molecule has 3 rings (SSSR count). The Bertz CT molecular complexity index is 730. The number of amides is 1. The molecule has 1 aromatic rings. The summed E-state index contributed by atoms with van der Waals surface area (Å²) in [5.74, 6) is -1.42.